The molecule has 5 aliphatic heterocycles. The molecule has 3 N–H and O–H groups in total. The molecule has 4 aromatic heterocycles. The molecule has 6 aliphatic rings. The standard InChI is InChI=1S/C63H74N12O7S/c1-34(2)53(61(78)75-21-9-12-50(75)60(77)66-37(5)39-13-15-40(16-14-39)58-38(6)65-33-83-58)51-26-52(70-82-51)72-22-23-74(35(3)28-72)63(79)81-32-45-20-19-44(71(45)7)31-80-62-68-57-49(59(69-62)73-29-42-17-18-43(30-73)67-42)27-64-56-48-25-46(76)24-41-10-8-11-47(55(41)48)36(4)54(56)57/h8,10-11,13-16,24-27,33-37,42-45,50,53,67,76H,9,12,17-23,28-32H2,1-7H3,(H,66,77)/t35-,36?,37-,42?,43?,44-,45?,50-,53+/m0/s1. The van der Waals surface area contributed by atoms with Crippen LogP contribution in [0.5, 0.6) is 11.8 Å². The number of rotatable bonds is 14. The number of carbonyl (C=O) groups is 3. The third-order valence-electron chi connectivity index (χ3n) is 18.7. The van der Waals surface area contributed by atoms with Crippen LogP contribution in [0.4, 0.5) is 16.4 Å². The number of fused-ring (bicyclic) bond motifs is 6. The van der Waals surface area contributed by atoms with Crippen molar-refractivity contribution in [3.63, 3.8) is 0 Å². The van der Waals surface area contributed by atoms with E-state index < -0.39 is 12.0 Å². The third-order valence-corrected chi connectivity index (χ3v) is 19.7. The number of hydrogen-bond acceptors (Lipinski definition) is 17. The van der Waals surface area contributed by atoms with E-state index in [0.29, 0.717) is 68.9 Å². The SMILES string of the molecule is Cc1ncsc1-c1ccc([C@H](C)NC(=O)[C@@H]2CCCN2C(=O)[C@@H](c2cc(N3CCN(C(=O)OCC4CC[C@@H](COc5nc(N6CC7CCC(C6)N7)c6cnc7c(c6n5)C(C)c5cccc6cc(O)cc-7c56)N4C)[C@@H](C)C3)no2)C(C)C)cc1. The summed E-state index contributed by atoms with van der Waals surface area (Å²) in [6.45, 7) is 16.4. The van der Waals surface area contributed by atoms with E-state index in [4.69, 9.17) is 28.9 Å². The molecule has 5 saturated heterocycles. The number of phenolic OH excluding ortho intramolecular Hbond substituents is 1. The summed E-state index contributed by atoms with van der Waals surface area (Å²) in [5.41, 5.74) is 9.65. The van der Waals surface area contributed by atoms with Gasteiger partial charge in [0.2, 0.25) is 11.8 Å². The molecule has 0 radical (unpaired) electrons. The van der Waals surface area contributed by atoms with Crippen molar-refractivity contribution in [3.8, 4) is 33.5 Å². The highest BCUT2D eigenvalue weighted by molar-refractivity contribution is 7.13. The van der Waals surface area contributed by atoms with Crippen LogP contribution in [0.2, 0.25) is 0 Å². The van der Waals surface area contributed by atoms with Gasteiger partial charge in [-0.25, -0.2) is 9.78 Å². The maximum absolute atomic E-state index is 14.5. The van der Waals surface area contributed by atoms with Gasteiger partial charge in [0.05, 0.1) is 38.7 Å². The molecule has 20 heteroatoms. The Balaban J connectivity index is 0.623. The van der Waals surface area contributed by atoms with Gasteiger partial charge >= 0.3 is 12.1 Å². The lowest BCUT2D eigenvalue weighted by Gasteiger charge is -2.39. The fourth-order valence-corrected chi connectivity index (χ4v) is 15.0. The largest absolute Gasteiger partial charge is 0.508 e. The number of pyridine rings is 1. The minimum Gasteiger partial charge on any atom is -0.508 e. The highest BCUT2D eigenvalue weighted by atomic mass is 32.1. The lowest BCUT2D eigenvalue weighted by atomic mass is 9.79. The third kappa shape index (κ3) is 10.3. The van der Waals surface area contributed by atoms with Crippen LogP contribution < -0.4 is 25.2 Å². The summed E-state index contributed by atoms with van der Waals surface area (Å²) in [6, 6.07) is 20.1. The molecular formula is C63H74N12O7S. The van der Waals surface area contributed by atoms with Crippen LogP contribution in [0, 0.1) is 12.8 Å². The molecule has 0 saturated carbocycles. The van der Waals surface area contributed by atoms with Crippen LogP contribution in [-0.2, 0) is 14.3 Å². The number of carbonyl (C=O) groups excluding carboxylic acids is 3. The molecule has 9 heterocycles. The topological polar surface area (TPSA) is 208 Å². The first-order valence-electron chi connectivity index (χ1n) is 29.7. The number of aryl methyl sites for hydroxylation is 1. The van der Waals surface area contributed by atoms with E-state index in [9.17, 15) is 19.5 Å². The maximum Gasteiger partial charge on any atom is 0.410 e. The van der Waals surface area contributed by atoms with E-state index in [1.165, 1.54) is 5.56 Å². The summed E-state index contributed by atoms with van der Waals surface area (Å²) in [5.74, 6) is 1.04. The summed E-state index contributed by atoms with van der Waals surface area (Å²) in [5, 5.41) is 25.2. The van der Waals surface area contributed by atoms with Crippen molar-refractivity contribution >= 4 is 62.6 Å². The fraction of sp³-hybridized carbons (Fsp3) is 0.492. The van der Waals surface area contributed by atoms with E-state index >= 15 is 0 Å². The van der Waals surface area contributed by atoms with Crippen molar-refractivity contribution in [3.05, 3.63) is 101 Å². The quantitative estimate of drug-likeness (QED) is 0.0928. The fourth-order valence-electron chi connectivity index (χ4n) is 14.2. The summed E-state index contributed by atoms with van der Waals surface area (Å²) in [4.78, 5) is 73.3. The maximum atomic E-state index is 14.5. The van der Waals surface area contributed by atoms with Crippen molar-refractivity contribution in [2.75, 3.05) is 69.3 Å². The Morgan fingerprint density at radius 1 is 0.880 bits per heavy atom. The van der Waals surface area contributed by atoms with Gasteiger partial charge in [0.1, 0.15) is 36.7 Å². The van der Waals surface area contributed by atoms with E-state index in [2.05, 4.69) is 73.7 Å². The number of anilines is 2. The molecule has 3 amide bonds. The van der Waals surface area contributed by atoms with Crippen molar-refractivity contribution in [1.29, 1.82) is 0 Å². The van der Waals surface area contributed by atoms with E-state index in [1.54, 1.807) is 21.1 Å². The molecule has 4 unspecified atom stereocenters. The van der Waals surface area contributed by atoms with Gasteiger partial charge in [-0.05, 0) is 112 Å². The highest BCUT2D eigenvalue weighted by Crippen LogP contribution is 2.49. The second-order valence-corrected chi connectivity index (χ2v) is 25.2. The van der Waals surface area contributed by atoms with Crippen LogP contribution >= 0.6 is 11.3 Å². The van der Waals surface area contributed by atoms with Gasteiger partial charge in [-0.2, -0.15) is 9.97 Å². The van der Waals surface area contributed by atoms with Gasteiger partial charge < -0.3 is 49.3 Å². The number of likely N-dealkylation sites (N-methyl/N-ethyl adjacent to an activating group) is 1. The molecule has 5 fully saturated rings. The molecule has 13 rings (SSSR count). The van der Waals surface area contributed by atoms with E-state index in [1.807, 2.05) is 82.7 Å². The number of nitrogens with one attached hydrogen (secondary N) is 2. The smallest absolute Gasteiger partial charge is 0.410 e. The Hall–Kier alpha value is -7.42. The average Bonchev–Trinajstić information content (AvgIpc) is 3.50. The van der Waals surface area contributed by atoms with Crippen LogP contribution in [0.25, 0.3) is 43.4 Å². The number of phenols is 1. The zero-order chi connectivity index (χ0) is 57.4. The van der Waals surface area contributed by atoms with Crippen molar-refractivity contribution in [2.24, 2.45) is 5.92 Å². The Kier molecular flexibility index (Phi) is 14.7. The van der Waals surface area contributed by atoms with Crippen molar-refractivity contribution < 1.29 is 33.5 Å². The molecule has 3 aromatic carbocycles. The van der Waals surface area contributed by atoms with Gasteiger partial charge in [0.15, 0.2) is 11.6 Å². The molecule has 9 atom stereocenters. The lowest BCUT2D eigenvalue weighted by Crippen LogP contribution is -2.54. The number of likely N-dealkylation sites (tertiary alicyclic amines) is 2. The Labute approximate surface area is 487 Å². The van der Waals surface area contributed by atoms with Gasteiger partial charge in [0.25, 0.3) is 0 Å². The summed E-state index contributed by atoms with van der Waals surface area (Å²) >= 11 is 1.61. The number of aromatic nitrogens is 5. The predicted octanol–water partition coefficient (Wildman–Crippen LogP) is 9.17. The number of ether oxygens (including phenoxy) is 2. The normalized spacial score (nSPS) is 24.0. The number of thiazole rings is 1. The minimum atomic E-state index is -0.629. The average molecular weight is 1140 g/mol. The minimum absolute atomic E-state index is 0.00763. The van der Waals surface area contributed by atoms with Crippen molar-refractivity contribution in [2.45, 2.75) is 134 Å². The number of hydrogen-bond donors (Lipinski definition) is 3. The first kappa shape index (κ1) is 54.8. The van der Waals surface area contributed by atoms with E-state index in [-0.39, 0.29) is 66.3 Å². The summed E-state index contributed by atoms with van der Waals surface area (Å²) in [7, 11) is 2.07. The second kappa shape index (κ2) is 22.3. The number of nitrogens with zero attached hydrogens (tertiary/aromatic N) is 10. The molecule has 2 bridgehead atoms. The molecule has 1 aliphatic carbocycles. The molecule has 0 spiro atoms. The lowest BCUT2D eigenvalue weighted by molar-refractivity contribution is -0.141. The second-order valence-electron chi connectivity index (χ2n) is 24.4. The summed E-state index contributed by atoms with van der Waals surface area (Å²) in [6.07, 6.45) is 6.85. The van der Waals surface area contributed by atoms with Crippen molar-refractivity contribution in [1.82, 2.24) is 50.4 Å². The zero-order valence-corrected chi connectivity index (χ0v) is 49.2. The van der Waals surface area contributed by atoms with Crippen LogP contribution in [0.1, 0.15) is 119 Å². The monoisotopic (exact) mass is 1140 g/mol. The van der Waals surface area contributed by atoms with Crippen LogP contribution in [-0.4, -0.2) is 159 Å². The molecule has 7 aromatic rings. The van der Waals surface area contributed by atoms with Gasteiger partial charge in [-0.15, -0.1) is 11.3 Å². The molecule has 19 nitrogen and oxygen atoms in total. The van der Waals surface area contributed by atoms with Gasteiger partial charge in [-0.1, -0.05) is 68.4 Å². The highest BCUT2D eigenvalue weighted by Gasteiger charge is 2.42. The van der Waals surface area contributed by atoms with Crippen LogP contribution in [0.3, 0.4) is 0 Å². The Morgan fingerprint density at radius 3 is 2.41 bits per heavy atom. The predicted molar refractivity (Wildman–Crippen MR) is 319 cm³/mol. The number of piperazine rings is 2. The van der Waals surface area contributed by atoms with E-state index in [0.717, 1.165) is 111 Å². The Morgan fingerprint density at radius 2 is 1.66 bits per heavy atom. The number of aromatic hydroxyl groups is 1. The first-order valence-corrected chi connectivity index (χ1v) is 30.6. The number of benzene rings is 3. The molecule has 434 valence electrons. The zero-order valence-electron chi connectivity index (χ0n) is 48.4. The van der Waals surface area contributed by atoms with Crippen LogP contribution in [0.15, 0.2) is 76.9 Å². The summed E-state index contributed by atoms with van der Waals surface area (Å²) < 4.78 is 18.7. The molecule has 83 heavy (non-hydrogen) atoms. The van der Waals surface area contributed by atoms with Gasteiger partial charge in [-0.3, -0.25) is 19.5 Å². The first-order chi connectivity index (χ1) is 40.1. The Bertz CT molecular complexity index is 3600. The molecular weight excluding hydrogens is 1070 g/mol. The van der Waals surface area contributed by atoms with Gasteiger partial charge in [0, 0.05) is 98.8 Å². The number of amides is 3.